The SMILES string of the molecule is CCCN(C1CCNC1)S(=O)(=O)c1cc(C(=O)OC)oc1C.Cl. The average Bonchev–Trinajstić information content (AvgIpc) is 3.13. The molecule has 2 rings (SSSR count). The van der Waals surface area contributed by atoms with E-state index in [1.165, 1.54) is 24.4 Å². The number of aryl methyl sites for hydroxylation is 1. The highest BCUT2D eigenvalue weighted by Gasteiger charge is 2.35. The van der Waals surface area contributed by atoms with E-state index in [1.807, 2.05) is 6.92 Å². The Morgan fingerprint density at radius 1 is 1.52 bits per heavy atom. The molecule has 1 unspecified atom stereocenters. The highest BCUT2D eigenvalue weighted by atomic mass is 35.5. The number of furan rings is 1. The molecule has 7 nitrogen and oxygen atoms in total. The minimum atomic E-state index is -3.71. The summed E-state index contributed by atoms with van der Waals surface area (Å²) in [5.41, 5.74) is 0. The molecule has 23 heavy (non-hydrogen) atoms. The topological polar surface area (TPSA) is 88.9 Å². The summed E-state index contributed by atoms with van der Waals surface area (Å²) in [4.78, 5) is 11.6. The Labute approximate surface area is 142 Å². The van der Waals surface area contributed by atoms with Crippen LogP contribution in [0.3, 0.4) is 0 Å². The molecule has 132 valence electrons. The van der Waals surface area contributed by atoms with Crippen LogP contribution in [0.1, 0.15) is 36.1 Å². The third-order valence-electron chi connectivity index (χ3n) is 3.73. The van der Waals surface area contributed by atoms with Gasteiger partial charge < -0.3 is 14.5 Å². The molecule has 1 aromatic rings. The van der Waals surface area contributed by atoms with Crippen molar-refractivity contribution in [2.45, 2.75) is 37.6 Å². The molecule has 1 aliphatic rings. The number of nitrogens with zero attached hydrogens (tertiary/aromatic N) is 1. The first-order valence-electron chi connectivity index (χ1n) is 7.33. The Hall–Kier alpha value is -1.09. The fraction of sp³-hybridized carbons (Fsp3) is 0.643. The fourth-order valence-electron chi connectivity index (χ4n) is 2.65. The molecule has 1 fully saturated rings. The highest BCUT2D eigenvalue weighted by Crippen LogP contribution is 2.27. The van der Waals surface area contributed by atoms with E-state index < -0.39 is 16.0 Å². The second-order valence-corrected chi connectivity index (χ2v) is 7.14. The quantitative estimate of drug-likeness (QED) is 0.768. The van der Waals surface area contributed by atoms with Gasteiger partial charge in [0.1, 0.15) is 10.7 Å². The van der Waals surface area contributed by atoms with Gasteiger partial charge in [-0.2, -0.15) is 4.31 Å². The van der Waals surface area contributed by atoms with Crippen molar-refractivity contribution in [2.75, 3.05) is 26.7 Å². The molecular formula is C14H23ClN2O5S. The van der Waals surface area contributed by atoms with Crippen LogP contribution < -0.4 is 5.32 Å². The summed E-state index contributed by atoms with van der Waals surface area (Å²) in [6.45, 7) is 5.36. The molecule has 2 heterocycles. The van der Waals surface area contributed by atoms with E-state index in [0.717, 1.165) is 19.4 Å². The summed E-state index contributed by atoms with van der Waals surface area (Å²) >= 11 is 0. The van der Waals surface area contributed by atoms with Gasteiger partial charge in [0.05, 0.1) is 7.11 Å². The lowest BCUT2D eigenvalue weighted by molar-refractivity contribution is 0.0563. The number of hydrogen-bond donors (Lipinski definition) is 1. The van der Waals surface area contributed by atoms with Crippen LogP contribution in [-0.4, -0.2) is 51.5 Å². The Kier molecular flexibility index (Phi) is 7.06. The minimum absolute atomic E-state index is 0. The summed E-state index contributed by atoms with van der Waals surface area (Å²) < 4.78 is 37.2. The number of sulfonamides is 1. The lowest BCUT2D eigenvalue weighted by Gasteiger charge is -2.26. The van der Waals surface area contributed by atoms with Crippen LogP contribution in [0.5, 0.6) is 0 Å². The summed E-state index contributed by atoms with van der Waals surface area (Å²) in [6, 6.07) is 1.18. The van der Waals surface area contributed by atoms with Gasteiger partial charge >= 0.3 is 5.97 Å². The normalized spacial score (nSPS) is 18.0. The van der Waals surface area contributed by atoms with Gasteiger partial charge in [-0.3, -0.25) is 0 Å². The highest BCUT2D eigenvalue weighted by molar-refractivity contribution is 7.89. The van der Waals surface area contributed by atoms with E-state index in [-0.39, 0.29) is 34.9 Å². The third-order valence-corrected chi connectivity index (χ3v) is 5.79. The summed E-state index contributed by atoms with van der Waals surface area (Å²) in [6.07, 6.45) is 1.50. The van der Waals surface area contributed by atoms with E-state index in [9.17, 15) is 13.2 Å². The molecule has 1 N–H and O–H groups in total. The van der Waals surface area contributed by atoms with Crippen molar-refractivity contribution in [2.24, 2.45) is 0 Å². The molecule has 1 aliphatic heterocycles. The van der Waals surface area contributed by atoms with Crippen molar-refractivity contribution in [3.05, 3.63) is 17.6 Å². The van der Waals surface area contributed by atoms with Crippen molar-refractivity contribution in [1.82, 2.24) is 9.62 Å². The number of rotatable bonds is 6. The maximum atomic E-state index is 12.9. The van der Waals surface area contributed by atoms with Gasteiger partial charge in [0, 0.05) is 25.2 Å². The van der Waals surface area contributed by atoms with Gasteiger partial charge in [-0.25, -0.2) is 13.2 Å². The fourth-order valence-corrected chi connectivity index (χ4v) is 4.56. The van der Waals surface area contributed by atoms with E-state index in [1.54, 1.807) is 0 Å². The summed E-state index contributed by atoms with van der Waals surface area (Å²) in [5, 5.41) is 3.18. The largest absolute Gasteiger partial charge is 0.463 e. The van der Waals surface area contributed by atoms with Crippen molar-refractivity contribution >= 4 is 28.4 Å². The van der Waals surface area contributed by atoms with E-state index >= 15 is 0 Å². The van der Waals surface area contributed by atoms with Crippen LogP contribution in [0, 0.1) is 6.92 Å². The Morgan fingerprint density at radius 2 is 2.22 bits per heavy atom. The predicted molar refractivity (Wildman–Crippen MR) is 87.5 cm³/mol. The molecule has 0 aromatic carbocycles. The number of nitrogens with one attached hydrogen (secondary N) is 1. The molecule has 0 spiro atoms. The summed E-state index contributed by atoms with van der Waals surface area (Å²) in [5.74, 6) is -0.582. The monoisotopic (exact) mass is 366 g/mol. The van der Waals surface area contributed by atoms with Crippen molar-refractivity contribution in [1.29, 1.82) is 0 Å². The maximum Gasteiger partial charge on any atom is 0.373 e. The number of carbonyl (C=O) groups is 1. The Balaban J connectivity index is 0.00000264. The second kappa shape index (κ2) is 8.14. The minimum Gasteiger partial charge on any atom is -0.463 e. The molecule has 0 bridgehead atoms. The Morgan fingerprint density at radius 3 is 2.74 bits per heavy atom. The van der Waals surface area contributed by atoms with Gasteiger partial charge in [0.15, 0.2) is 0 Å². The van der Waals surface area contributed by atoms with Crippen LogP contribution in [-0.2, 0) is 14.8 Å². The second-order valence-electron chi connectivity index (χ2n) is 5.29. The first-order valence-corrected chi connectivity index (χ1v) is 8.77. The molecule has 9 heteroatoms. The van der Waals surface area contributed by atoms with Crippen LogP contribution in [0.15, 0.2) is 15.4 Å². The summed E-state index contributed by atoms with van der Waals surface area (Å²) in [7, 11) is -2.48. The van der Waals surface area contributed by atoms with Gasteiger partial charge in [0.2, 0.25) is 15.8 Å². The van der Waals surface area contributed by atoms with Crippen LogP contribution in [0.25, 0.3) is 0 Å². The zero-order chi connectivity index (χ0) is 16.3. The number of carbonyl (C=O) groups excluding carboxylic acids is 1. The predicted octanol–water partition coefficient (Wildman–Crippen LogP) is 1.56. The lowest BCUT2D eigenvalue weighted by atomic mass is 10.2. The van der Waals surface area contributed by atoms with E-state index in [0.29, 0.717) is 13.1 Å². The lowest BCUT2D eigenvalue weighted by Crippen LogP contribution is -2.42. The van der Waals surface area contributed by atoms with Gasteiger partial charge in [-0.05, 0) is 26.3 Å². The molecule has 0 radical (unpaired) electrons. The third kappa shape index (κ3) is 4.06. The first kappa shape index (κ1) is 20.0. The number of ether oxygens (including phenoxy) is 1. The van der Waals surface area contributed by atoms with Crippen molar-refractivity contribution in [3.63, 3.8) is 0 Å². The van der Waals surface area contributed by atoms with Gasteiger partial charge in [-0.15, -0.1) is 12.4 Å². The van der Waals surface area contributed by atoms with Crippen molar-refractivity contribution in [3.8, 4) is 0 Å². The maximum absolute atomic E-state index is 12.9. The molecule has 0 amide bonds. The van der Waals surface area contributed by atoms with Gasteiger partial charge in [0.25, 0.3) is 0 Å². The first-order chi connectivity index (χ1) is 10.4. The van der Waals surface area contributed by atoms with Gasteiger partial charge in [-0.1, -0.05) is 6.92 Å². The molecule has 1 atom stereocenters. The molecule has 0 aliphatic carbocycles. The van der Waals surface area contributed by atoms with Crippen LogP contribution in [0.2, 0.25) is 0 Å². The Bertz CT molecular complexity index is 638. The molecule has 1 aromatic heterocycles. The molecule has 1 saturated heterocycles. The standard InChI is InChI=1S/C14H22N2O5S.ClH/c1-4-7-16(11-5-6-15-9-11)22(18,19)13-8-12(14(17)20-3)21-10(13)2;/h8,11,15H,4-7,9H2,1-3H3;1H. The van der Waals surface area contributed by atoms with Crippen LogP contribution in [0.4, 0.5) is 0 Å². The number of esters is 1. The zero-order valence-electron chi connectivity index (χ0n) is 13.5. The van der Waals surface area contributed by atoms with Crippen molar-refractivity contribution < 1.29 is 22.4 Å². The molecule has 0 saturated carbocycles. The molecular weight excluding hydrogens is 344 g/mol. The van der Waals surface area contributed by atoms with E-state index in [2.05, 4.69) is 10.1 Å². The van der Waals surface area contributed by atoms with Crippen LogP contribution >= 0.6 is 12.4 Å². The number of halogens is 1. The zero-order valence-corrected chi connectivity index (χ0v) is 15.1. The average molecular weight is 367 g/mol. The van der Waals surface area contributed by atoms with E-state index in [4.69, 9.17) is 4.42 Å². The number of hydrogen-bond acceptors (Lipinski definition) is 6. The smallest absolute Gasteiger partial charge is 0.373 e. The number of methoxy groups -OCH3 is 1.